The zero-order valence-electron chi connectivity index (χ0n) is 15.8. The van der Waals surface area contributed by atoms with E-state index < -0.39 is 0 Å². The quantitative estimate of drug-likeness (QED) is 0.515. The molecule has 0 bridgehead atoms. The van der Waals surface area contributed by atoms with Crippen LogP contribution in [0, 0.1) is 5.41 Å². The maximum atomic E-state index is 8.65. The fraction of sp³-hybridized carbons (Fsp3) is 0.190. The van der Waals surface area contributed by atoms with Gasteiger partial charge in [-0.25, -0.2) is 9.97 Å². The summed E-state index contributed by atoms with van der Waals surface area (Å²) >= 11 is 0. The van der Waals surface area contributed by atoms with Gasteiger partial charge in [0.05, 0.1) is 11.3 Å². The largest absolute Gasteiger partial charge is 0.457 e. The minimum atomic E-state index is 0.341. The number of anilines is 1. The maximum absolute atomic E-state index is 8.65. The summed E-state index contributed by atoms with van der Waals surface area (Å²) in [5.41, 5.74) is 1.89. The third-order valence-electron chi connectivity index (χ3n) is 4.84. The first kappa shape index (κ1) is 18.2. The standard InChI is InChI=1S/C21H22BN5O/c22-27-11-10-16(13-27)26-21-19(12-24-14-25-21)20(23)15-6-8-18(9-7-15)28-17-4-2-1-3-5-17/h1-9,12,14,16,23H,10-11,13,22H2,(H,24,25,26). The summed E-state index contributed by atoms with van der Waals surface area (Å²) in [6.07, 6.45) is 4.29. The molecule has 7 heteroatoms. The topological polar surface area (TPSA) is 74.1 Å². The molecule has 0 amide bonds. The van der Waals surface area contributed by atoms with E-state index in [-0.39, 0.29) is 0 Å². The highest BCUT2D eigenvalue weighted by Gasteiger charge is 2.21. The van der Waals surface area contributed by atoms with Gasteiger partial charge in [-0.2, -0.15) is 0 Å². The molecule has 140 valence electrons. The van der Waals surface area contributed by atoms with Gasteiger partial charge in [-0.15, -0.1) is 0 Å². The summed E-state index contributed by atoms with van der Waals surface area (Å²) in [6, 6.07) is 17.5. The Morgan fingerprint density at radius 2 is 1.86 bits per heavy atom. The molecule has 1 unspecified atom stereocenters. The Balaban J connectivity index is 1.50. The molecule has 2 N–H and O–H groups in total. The van der Waals surface area contributed by atoms with Gasteiger partial charge in [-0.1, -0.05) is 18.2 Å². The van der Waals surface area contributed by atoms with Gasteiger partial charge in [0.15, 0.2) is 7.98 Å². The van der Waals surface area contributed by atoms with E-state index in [1.807, 2.05) is 54.6 Å². The Labute approximate surface area is 165 Å². The van der Waals surface area contributed by atoms with Crippen molar-refractivity contribution < 1.29 is 4.74 Å². The predicted octanol–water partition coefficient (Wildman–Crippen LogP) is 2.72. The van der Waals surface area contributed by atoms with Crippen molar-refractivity contribution in [2.24, 2.45) is 0 Å². The van der Waals surface area contributed by atoms with Gasteiger partial charge in [0, 0.05) is 24.3 Å². The molecule has 2 aromatic carbocycles. The summed E-state index contributed by atoms with van der Waals surface area (Å²) in [7, 11) is 2.11. The van der Waals surface area contributed by atoms with Gasteiger partial charge < -0.3 is 14.9 Å². The Bertz CT molecular complexity index is 949. The molecule has 1 aliphatic heterocycles. The third kappa shape index (κ3) is 4.20. The van der Waals surface area contributed by atoms with E-state index in [1.54, 1.807) is 6.20 Å². The zero-order valence-corrected chi connectivity index (χ0v) is 15.8. The van der Waals surface area contributed by atoms with Crippen LogP contribution >= 0.6 is 0 Å². The van der Waals surface area contributed by atoms with Crippen LogP contribution in [0.15, 0.2) is 67.1 Å². The summed E-state index contributed by atoms with van der Waals surface area (Å²) < 4.78 is 5.83. The lowest BCUT2D eigenvalue weighted by atomic mass is 10.0. The van der Waals surface area contributed by atoms with E-state index in [0.717, 1.165) is 36.6 Å². The number of ether oxygens (including phenoxy) is 1. The highest BCUT2D eigenvalue weighted by atomic mass is 16.5. The van der Waals surface area contributed by atoms with Crippen molar-refractivity contribution in [2.75, 3.05) is 18.4 Å². The van der Waals surface area contributed by atoms with Crippen molar-refractivity contribution in [3.05, 3.63) is 78.2 Å². The van der Waals surface area contributed by atoms with Crippen molar-refractivity contribution in [2.45, 2.75) is 12.5 Å². The average Bonchev–Trinajstić information content (AvgIpc) is 3.14. The first-order valence-corrected chi connectivity index (χ1v) is 9.36. The van der Waals surface area contributed by atoms with Crippen LogP contribution in [0.1, 0.15) is 17.5 Å². The molecule has 2 heterocycles. The lowest BCUT2D eigenvalue weighted by molar-refractivity contribution is 0.482. The fourth-order valence-corrected chi connectivity index (χ4v) is 3.34. The SMILES string of the molecule is BN1CCC(Nc2ncncc2C(=N)c2ccc(Oc3ccccc3)cc2)C1. The maximum Gasteiger partial charge on any atom is 0.185 e. The smallest absolute Gasteiger partial charge is 0.185 e. The van der Waals surface area contributed by atoms with Gasteiger partial charge >= 0.3 is 0 Å². The second kappa shape index (κ2) is 8.23. The van der Waals surface area contributed by atoms with Crippen LogP contribution in [0.2, 0.25) is 0 Å². The molecule has 0 aliphatic carbocycles. The van der Waals surface area contributed by atoms with E-state index in [2.05, 4.69) is 28.1 Å². The Kier molecular flexibility index (Phi) is 5.35. The van der Waals surface area contributed by atoms with Crippen molar-refractivity contribution in [1.82, 2.24) is 14.8 Å². The van der Waals surface area contributed by atoms with E-state index >= 15 is 0 Å². The number of nitrogens with zero attached hydrogens (tertiary/aromatic N) is 3. The number of hydrogen-bond donors (Lipinski definition) is 2. The van der Waals surface area contributed by atoms with Gasteiger partial charge in [-0.3, -0.25) is 5.41 Å². The van der Waals surface area contributed by atoms with Gasteiger partial charge in [0.1, 0.15) is 23.6 Å². The van der Waals surface area contributed by atoms with Crippen molar-refractivity contribution in [3.8, 4) is 11.5 Å². The Morgan fingerprint density at radius 3 is 2.57 bits per heavy atom. The summed E-state index contributed by atoms with van der Waals surface area (Å²) in [4.78, 5) is 10.8. The summed E-state index contributed by atoms with van der Waals surface area (Å²) in [5, 5.41) is 12.1. The molecule has 6 nitrogen and oxygen atoms in total. The molecule has 0 saturated carbocycles. The normalized spacial score (nSPS) is 16.6. The van der Waals surface area contributed by atoms with Crippen LogP contribution in [-0.2, 0) is 0 Å². The molecular formula is C21H22BN5O. The van der Waals surface area contributed by atoms with Crippen molar-refractivity contribution in [3.63, 3.8) is 0 Å². The van der Waals surface area contributed by atoms with E-state index in [4.69, 9.17) is 10.1 Å². The lowest BCUT2D eigenvalue weighted by Gasteiger charge is -2.16. The molecular weight excluding hydrogens is 349 g/mol. The molecule has 1 aliphatic rings. The van der Waals surface area contributed by atoms with Gasteiger partial charge in [0.25, 0.3) is 0 Å². The van der Waals surface area contributed by atoms with E-state index in [0.29, 0.717) is 23.1 Å². The molecule has 4 rings (SSSR count). The Morgan fingerprint density at radius 1 is 1.11 bits per heavy atom. The van der Waals surface area contributed by atoms with Crippen LogP contribution in [0.25, 0.3) is 0 Å². The van der Waals surface area contributed by atoms with Crippen molar-refractivity contribution in [1.29, 1.82) is 5.41 Å². The van der Waals surface area contributed by atoms with Gasteiger partial charge in [0.2, 0.25) is 0 Å². The van der Waals surface area contributed by atoms with E-state index in [1.165, 1.54) is 6.33 Å². The monoisotopic (exact) mass is 371 g/mol. The van der Waals surface area contributed by atoms with Crippen molar-refractivity contribution >= 4 is 19.5 Å². The van der Waals surface area contributed by atoms with Crippen LogP contribution in [0.4, 0.5) is 5.82 Å². The molecule has 1 fully saturated rings. The van der Waals surface area contributed by atoms with E-state index in [9.17, 15) is 0 Å². The predicted molar refractivity (Wildman–Crippen MR) is 113 cm³/mol. The first-order chi connectivity index (χ1) is 13.7. The average molecular weight is 371 g/mol. The summed E-state index contributed by atoms with van der Waals surface area (Å²) in [6.45, 7) is 2.04. The zero-order chi connectivity index (χ0) is 19.3. The number of para-hydroxylation sites is 1. The van der Waals surface area contributed by atoms with Crippen LogP contribution in [0.3, 0.4) is 0 Å². The molecule has 28 heavy (non-hydrogen) atoms. The highest BCUT2D eigenvalue weighted by Crippen LogP contribution is 2.23. The van der Waals surface area contributed by atoms with Crippen LogP contribution in [0.5, 0.6) is 11.5 Å². The van der Waals surface area contributed by atoms with Crippen LogP contribution in [-0.4, -0.2) is 47.6 Å². The molecule has 3 aromatic rings. The Hall–Kier alpha value is -3.19. The molecule has 0 spiro atoms. The lowest BCUT2D eigenvalue weighted by Crippen LogP contribution is -2.26. The number of nitrogens with one attached hydrogen (secondary N) is 2. The molecule has 1 atom stereocenters. The number of aromatic nitrogens is 2. The fourth-order valence-electron chi connectivity index (χ4n) is 3.34. The number of rotatable bonds is 6. The second-order valence-corrected chi connectivity index (χ2v) is 6.99. The highest BCUT2D eigenvalue weighted by molar-refractivity contribution is 6.13. The van der Waals surface area contributed by atoms with Crippen LogP contribution < -0.4 is 10.1 Å². The third-order valence-corrected chi connectivity index (χ3v) is 4.84. The molecule has 0 radical (unpaired) electrons. The molecule has 1 aromatic heterocycles. The second-order valence-electron chi connectivity index (χ2n) is 6.99. The minimum Gasteiger partial charge on any atom is -0.457 e. The summed E-state index contributed by atoms with van der Waals surface area (Å²) in [5.74, 6) is 2.24. The van der Waals surface area contributed by atoms with Gasteiger partial charge in [-0.05, 0) is 49.4 Å². The number of benzene rings is 2. The minimum absolute atomic E-state index is 0.341. The molecule has 1 saturated heterocycles. The number of hydrogen-bond acceptors (Lipinski definition) is 6. The first-order valence-electron chi connectivity index (χ1n) is 9.36.